The molecule has 2 amide bonds. The van der Waals surface area contributed by atoms with Crippen molar-refractivity contribution in [3.8, 4) is 17.4 Å². The molecule has 1 aliphatic heterocycles. The number of carbonyl (C=O) groups excluding carboxylic acids is 2. The Kier molecular flexibility index (Phi) is 6.64. The van der Waals surface area contributed by atoms with E-state index in [2.05, 4.69) is 15.3 Å². The van der Waals surface area contributed by atoms with Gasteiger partial charge in [0, 0.05) is 43.8 Å². The Balaban J connectivity index is 1.73. The van der Waals surface area contributed by atoms with Crippen molar-refractivity contribution in [3.63, 3.8) is 0 Å². The highest BCUT2D eigenvalue weighted by atomic mass is 16.5. The van der Waals surface area contributed by atoms with Gasteiger partial charge in [-0.1, -0.05) is 6.07 Å². The number of aryl methyl sites for hydroxylation is 1. The molecule has 1 fully saturated rings. The zero-order valence-electron chi connectivity index (χ0n) is 17.0. The smallest absolute Gasteiger partial charge is 0.241 e. The van der Waals surface area contributed by atoms with Crippen LogP contribution in [0.1, 0.15) is 37.2 Å². The number of nitrogens with zero attached hydrogens (tertiary/aromatic N) is 3. The third-order valence-electron chi connectivity index (χ3n) is 4.74. The standard InChI is InChI=1S/C21H26N4O4/c1-14-10-19(29-18-8-4-7-17(11-18)28-3)24-21(23-14)16-6-5-9-25(13-16)20(27)12-22-15(2)26/h4,7-8,10-11,16H,5-6,9,12-13H2,1-3H3,(H,22,26)/t16-/m1/s1. The molecular weight excluding hydrogens is 372 g/mol. The summed E-state index contributed by atoms with van der Waals surface area (Å²) in [5.74, 6) is 2.18. The lowest BCUT2D eigenvalue weighted by Gasteiger charge is -2.32. The van der Waals surface area contributed by atoms with Crippen molar-refractivity contribution in [1.82, 2.24) is 20.2 Å². The minimum atomic E-state index is -0.215. The normalized spacial score (nSPS) is 16.2. The fourth-order valence-electron chi connectivity index (χ4n) is 3.31. The zero-order chi connectivity index (χ0) is 20.8. The quantitative estimate of drug-likeness (QED) is 0.803. The molecule has 1 aromatic carbocycles. The first-order valence-corrected chi connectivity index (χ1v) is 9.64. The topological polar surface area (TPSA) is 93.7 Å². The lowest BCUT2D eigenvalue weighted by Crippen LogP contribution is -2.44. The SMILES string of the molecule is COc1cccc(Oc2cc(C)nc([C@@H]3CCCN(C(=O)CNC(C)=O)C3)n2)c1. The van der Waals surface area contributed by atoms with Gasteiger partial charge in [0.05, 0.1) is 13.7 Å². The third-order valence-corrected chi connectivity index (χ3v) is 4.74. The Morgan fingerprint density at radius 2 is 2.03 bits per heavy atom. The maximum absolute atomic E-state index is 12.3. The third kappa shape index (κ3) is 5.66. The van der Waals surface area contributed by atoms with E-state index in [1.807, 2.05) is 25.1 Å². The fraction of sp³-hybridized carbons (Fsp3) is 0.429. The van der Waals surface area contributed by atoms with Crippen molar-refractivity contribution in [2.75, 3.05) is 26.7 Å². The molecule has 8 nitrogen and oxygen atoms in total. The second-order valence-electron chi connectivity index (χ2n) is 7.08. The number of aromatic nitrogens is 2. The van der Waals surface area contributed by atoms with Gasteiger partial charge in [-0.05, 0) is 31.9 Å². The molecule has 2 heterocycles. The average Bonchev–Trinajstić information content (AvgIpc) is 2.71. The van der Waals surface area contributed by atoms with Gasteiger partial charge in [0.25, 0.3) is 0 Å². The summed E-state index contributed by atoms with van der Waals surface area (Å²) in [6.07, 6.45) is 1.76. The van der Waals surface area contributed by atoms with E-state index in [-0.39, 0.29) is 24.3 Å². The number of piperidine rings is 1. The Morgan fingerprint density at radius 3 is 2.79 bits per heavy atom. The highest BCUT2D eigenvalue weighted by molar-refractivity contribution is 5.83. The molecule has 29 heavy (non-hydrogen) atoms. The van der Waals surface area contributed by atoms with E-state index in [0.717, 1.165) is 18.5 Å². The molecule has 0 saturated carbocycles. The summed E-state index contributed by atoms with van der Waals surface area (Å²) in [6.45, 7) is 4.51. The molecule has 0 bridgehead atoms. The molecule has 0 aliphatic carbocycles. The summed E-state index contributed by atoms with van der Waals surface area (Å²) in [6, 6.07) is 9.11. The van der Waals surface area contributed by atoms with Crippen molar-refractivity contribution in [1.29, 1.82) is 0 Å². The van der Waals surface area contributed by atoms with Gasteiger partial charge < -0.3 is 19.7 Å². The van der Waals surface area contributed by atoms with Gasteiger partial charge in [0.2, 0.25) is 17.7 Å². The molecule has 3 rings (SSSR count). The number of nitrogens with one attached hydrogen (secondary N) is 1. The second-order valence-corrected chi connectivity index (χ2v) is 7.08. The first-order valence-electron chi connectivity index (χ1n) is 9.64. The summed E-state index contributed by atoms with van der Waals surface area (Å²) < 4.78 is 11.1. The van der Waals surface area contributed by atoms with E-state index in [1.54, 1.807) is 24.1 Å². The minimum Gasteiger partial charge on any atom is -0.497 e. The van der Waals surface area contributed by atoms with Gasteiger partial charge >= 0.3 is 0 Å². The largest absolute Gasteiger partial charge is 0.497 e. The molecule has 0 radical (unpaired) electrons. The Hall–Kier alpha value is -3.16. The van der Waals surface area contributed by atoms with Crippen LogP contribution < -0.4 is 14.8 Å². The maximum Gasteiger partial charge on any atom is 0.241 e. The lowest BCUT2D eigenvalue weighted by molar-refractivity contribution is -0.133. The minimum absolute atomic E-state index is 0.0148. The van der Waals surface area contributed by atoms with Crippen LogP contribution in [0.15, 0.2) is 30.3 Å². The van der Waals surface area contributed by atoms with Gasteiger partial charge in [0.15, 0.2) is 0 Å². The molecule has 1 saturated heterocycles. The van der Waals surface area contributed by atoms with Gasteiger partial charge in [-0.2, -0.15) is 4.98 Å². The average molecular weight is 398 g/mol. The number of methoxy groups -OCH3 is 1. The van der Waals surface area contributed by atoms with Crippen molar-refractivity contribution in [3.05, 3.63) is 41.9 Å². The number of benzene rings is 1. The van der Waals surface area contributed by atoms with Crippen LogP contribution in [-0.4, -0.2) is 53.4 Å². The molecule has 2 aromatic rings. The summed E-state index contributed by atoms with van der Waals surface area (Å²) in [5.41, 5.74) is 0.801. The number of amides is 2. The van der Waals surface area contributed by atoms with Crippen LogP contribution >= 0.6 is 0 Å². The van der Waals surface area contributed by atoms with E-state index < -0.39 is 0 Å². The van der Waals surface area contributed by atoms with Crippen LogP contribution in [-0.2, 0) is 9.59 Å². The number of ether oxygens (including phenoxy) is 2. The summed E-state index contributed by atoms with van der Waals surface area (Å²) in [5, 5.41) is 2.56. The summed E-state index contributed by atoms with van der Waals surface area (Å²) in [4.78, 5) is 34.3. The van der Waals surface area contributed by atoms with Crippen molar-refractivity contribution < 1.29 is 19.1 Å². The molecule has 154 valence electrons. The van der Waals surface area contributed by atoms with Crippen molar-refractivity contribution in [2.24, 2.45) is 0 Å². The first kappa shape index (κ1) is 20.6. The van der Waals surface area contributed by atoms with Crippen LogP contribution in [0.25, 0.3) is 0 Å². The van der Waals surface area contributed by atoms with E-state index in [1.165, 1.54) is 6.92 Å². The predicted molar refractivity (Wildman–Crippen MR) is 107 cm³/mol. The van der Waals surface area contributed by atoms with E-state index >= 15 is 0 Å². The van der Waals surface area contributed by atoms with Crippen LogP contribution in [0.5, 0.6) is 17.4 Å². The highest BCUT2D eigenvalue weighted by Crippen LogP contribution is 2.28. The molecule has 0 unspecified atom stereocenters. The van der Waals surface area contributed by atoms with Crippen molar-refractivity contribution >= 4 is 11.8 Å². The number of likely N-dealkylation sites (tertiary alicyclic amines) is 1. The number of carbonyl (C=O) groups is 2. The molecule has 1 aromatic heterocycles. The Bertz CT molecular complexity index is 887. The van der Waals surface area contributed by atoms with Crippen LogP contribution in [0, 0.1) is 6.92 Å². The summed E-state index contributed by atoms with van der Waals surface area (Å²) in [7, 11) is 1.61. The van der Waals surface area contributed by atoms with Gasteiger partial charge in [-0.15, -0.1) is 0 Å². The number of hydrogen-bond acceptors (Lipinski definition) is 6. The molecule has 1 atom stereocenters. The van der Waals surface area contributed by atoms with Crippen LogP contribution in [0.4, 0.5) is 0 Å². The molecule has 8 heteroatoms. The van der Waals surface area contributed by atoms with Gasteiger partial charge in [-0.3, -0.25) is 9.59 Å². The van der Waals surface area contributed by atoms with Gasteiger partial charge in [0.1, 0.15) is 17.3 Å². The Morgan fingerprint density at radius 1 is 1.24 bits per heavy atom. The first-order chi connectivity index (χ1) is 13.9. The maximum atomic E-state index is 12.3. The van der Waals surface area contributed by atoms with Gasteiger partial charge in [-0.25, -0.2) is 4.98 Å². The number of hydrogen-bond donors (Lipinski definition) is 1. The predicted octanol–water partition coefficient (Wildman–Crippen LogP) is 2.43. The summed E-state index contributed by atoms with van der Waals surface area (Å²) >= 11 is 0. The van der Waals surface area contributed by atoms with Crippen LogP contribution in [0.2, 0.25) is 0 Å². The molecular formula is C21H26N4O4. The van der Waals surface area contributed by atoms with E-state index in [9.17, 15) is 9.59 Å². The van der Waals surface area contributed by atoms with E-state index in [4.69, 9.17) is 9.47 Å². The molecule has 0 spiro atoms. The molecule has 1 aliphatic rings. The monoisotopic (exact) mass is 398 g/mol. The Labute approximate surface area is 170 Å². The zero-order valence-corrected chi connectivity index (χ0v) is 17.0. The highest BCUT2D eigenvalue weighted by Gasteiger charge is 2.27. The van der Waals surface area contributed by atoms with E-state index in [0.29, 0.717) is 36.3 Å². The van der Waals surface area contributed by atoms with Crippen molar-refractivity contribution in [2.45, 2.75) is 32.6 Å². The van der Waals surface area contributed by atoms with Crippen LogP contribution in [0.3, 0.4) is 0 Å². The fourth-order valence-corrected chi connectivity index (χ4v) is 3.31. The number of rotatable bonds is 6. The molecule has 1 N–H and O–H groups in total. The lowest BCUT2D eigenvalue weighted by atomic mass is 9.97. The second kappa shape index (κ2) is 9.36.